The number of rotatable bonds is 14. The SMILES string of the molecule is CCCCCC(F)[C@H](O)C=C[C@@H]1[C@@H]2C[C@@](c3ccc(F)cc3)(CO2)[C@H]1CC=CCCCC(=O)OC. The van der Waals surface area contributed by atoms with E-state index in [0.29, 0.717) is 19.4 Å². The van der Waals surface area contributed by atoms with E-state index in [1.54, 1.807) is 6.08 Å². The highest BCUT2D eigenvalue weighted by Gasteiger charge is 2.58. The van der Waals surface area contributed by atoms with E-state index in [2.05, 4.69) is 23.8 Å². The molecule has 2 bridgehead atoms. The summed E-state index contributed by atoms with van der Waals surface area (Å²) in [6.07, 6.45) is 12.0. The van der Waals surface area contributed by atoms with Gasteiger partial charge < -0.3 is 14.6 Å². The Morgan fingerprint density at radius 2 is 2.03 bits per heavy atom. The molecular weight excluding hydrogens is 450 g/mol. The Kier molecular flexibility index (Phi) is 10.5. The average Bonchev–Trinajstić information content (AvgIpc) is 3.43. The molecule has 2 fully saturated rings. The van der Waals surface area contributed by atoms with Crippen molar-refractivity contribution in [2.24, 2.45) is 11.8 Å². The van der Waals surface area contributed by atoms with Crippen molar-refractivity contribution in [3.63, 3.8) is 0 Å². The number of alkyl halides is 1. The van der Waals surface area contributed by atoms with Crippen LogP contribution in [0.4, 0.5) is 8.78 Å². The van der Waals surface area contributed by atoms with Gasteiger partial charge in [-0.25, -0.2) is 8.78 Å². The van der Waals surface area contributed by atoms with Crippen LogP contribution in [0.15, 0.2) is 48.6 Å². The van der Waals surface area contributed by atoms with Crippen LogP contribution < -0.4 is 0 Å². The quantitative estimate of drug-likeness (QED) is 0.191. The molecule has 1 aliphatic carbocycles. The van der Waals surface area contributed by atoms with Crippen molar-refractivity contribution in [2.75, 3.05) is 13.7 Å². The zero-order chi connectivity index (χ0) is 25.3. The Labute approximate surface area is 208 Å². The third-order valence-corrected chi connectivity index (χ3v) is 7.66. The van der Waals surface area contributed by atoms with E-state index in [9.17, 15) is 18.7 Å². The number of carbonyl (C=O) groups excluding carboxylic acids is 1. The Hall–Kier alpha value is -2.05. The second-order valence-corrected chi connectivity index (χ2v) is 9.96. The fraction of sp³-hybridized carbons (Fsp3) is 0.621. The first kappa shape index (κ1) is 27.5. The van der Waals surface area contributed by atoms with E-state index in [1.165, 1.54) is 19.2 Å². The summed E-state index contributed by atoms with van der Waals surface area (Å²) in [5, 5.41) is 10.4. The number of ether oxygens (including phenoxy) is 2. The van der Waals surface area contributed by atoms with Gasteiger partial charge >= 0.3 is 5.97 Å². The van der Waals surface area contributed by atoms with Crippen molar-refractivity contribution >= 4 is 5.97 Å². The predicted octanol–water partition coefficient (Wildman–Crippen LogP) is 6.22. The van der Waals surface area contributed by atoms with Crippen molar-refractivity contribution < 1.29 is 28.2 Å². The number of hydrogen-bond donors (Lipinski definition) is 1. The van der Waals surface area contributed by atoms with Crippen molar-refractivity contribution in [1.29, 1.82) is 0 Å². The van der Waals surface area contributed by atoms with E-state index in [4.69, 9.17) is 4.74 Å². The lowest BCUT2D eigenvalue weighted by atomic mass is 9.69. The van der Waals surface area contributed by atoms with Gasteiger partial charge in [-0.15, -0.1) is 0 Å². The fourth-order valence-electron chi connectivity index (χ4n) is 5.65. The smallest absolute Gasteiger partial charge is 0.305 e. The molecule has 1 saturated heterocycles. The van der Waals surface area contributed by atoms with Gasteiger partial charge in [0, 0.05) is 17.8 Å². The Morgan fingerprint density at radius 1 is 1.26 bits per heavy atom. The van der Waals surface area contributed by atoms with Crippen LogP contribution in [-0.4, -0.2) is 43.2 Å². The largest absolute Gasteiger partial charge is 0.469 e. The molecule has 0 spiro atoms. The van der Waals surface area contributed by atoms with Crippen molar-refractivity contribution in [3.8, 4) is 0 Å². The van der Waals surface area contributed by atoms with Crippen LogP contribution in [0.2, 0.25) is 0 Å². The number of fused-ring (bicyclic) bond motifs is 2. The van der Waals surface area contributed by atoms with Gasteiger partial charge in [0.05, 0.1) is 19.8 Å². The van der Waals surface area contributed by atoms with Gasteiger partial charge in [0.25, 0.3) is 0 Å². The van der Waals surface area contributed by atoms with E-state index in [-0.39, 0.29) is 35.1 Å². The molecule has 1 unspecified atom stereocenters. The molecule has 1 N–H and O–H groups in total. The molecule has 1 heterocycles. The van der Waals surface area contributed by atoms with Crippen molar-refractivity contribution in [3.05, 3.63) is 60.0 Å². The van der Waals surface area contributed by atoms with E-state index >= 15 is 0 Å². The van der Waals surface area contributed by atoms with E-state index in [1.807, 2.05) is 18.2 Å². The molecule has 0 amide bonds. The number of allylic oxidation sites excluding steroid dienone is 2. The molecule has 0 radical (unpaired) electrons. The highest BCUT2D eigenvalue weighted by atomic mass is 19.1. The summed E-state index contributed by atoms with van der Waals surface area (Å²) in [5.41, 5.74) is 0.815. The number of aliphatic hydroxyl groups excluding tert-OH is 1. The molecule has 6 heteroatoms. The molecule has 1 aliphatic heterocycles. The van der Waals surface area contributed by atoms with Gasteiger partial charge in [0.2, 0.25) is 0 Å². The van der Waals surface area contributed by atoms with Gasteiger partial charge in [-0.2, -0.15) is 0 Å². The first-order valence-electron chi connectivity index (χ1n) is 13.0. The van der Waals surface area contributed by atoms with Gasteiger partial charge in [-0.3, -0.25) is 4.79 Å². The molecular formula is C29H40F2O4. The Bertz CT molecular complexity index is 853. The second kappa shape index (κ2) is 13.3. The third-order valence-electron chi connectivity index (χ3n) is 7.66. The molecule has 194 valence electrons. The number of methoxy groups -OCH3 is 1. The lowest BCUT2D eigenvalue weighted by Gasteiger charge is -2.38. The molecule has 1 saturated carbocycles. The number of hydrogen-bond acceptors (Lipinski definition) is 4. The number of halogens is 2. The highest BCUT2D eigenvalue weighted by molar-refractivity contribution is 5.69. The maximum absolute atomic E-state index is 14.4. The molecule has 2 aliphatic rings. The number of unbranched alkanes of at least 4 members (excludes halogenated alkanes) is 3. The highest BCUT2D eigenvalue weighted by Crippen LogP contribution is 2.57. The normalized spacial score (nSPS) is 27.6. The standard InChI is InChI=1S/C29H40F2O4/c1-3-4-7-11-25(31)26(32)18-17-23-24(10-8-5-6-9-12-28(33)34-2)29(19-27(23)35-20-29)21-13-15-22(30)16-14-21/h5,8,13-18,23-27,32H,3-4,6-7,9-12,19-20H2,1-2H3/t23-,24-,25?,26+,27-,29-/m0/s1. The molecule has 6 atom stereocenters. The lowest BCUT2D eigenvalue weighted by molar-refractivity contribution is -0.140. The van der Waals surface area contributed by atoms with Crippen LogP contribution in [0.3, 0.4) is 0 Å². The van der Waals surface area contributed by atoms with Gasteiger partial charge in [0.1, 0.15) is 18.1 Å². The van der Waals surface area contributed by atoms with Gasteiger partial charge in [-0.05, 0) is 55.7 Å². The molecule has 3 rings (SSSR count). The minimum atomic E-state index is -1.27. The summed E-state index contributed by atoms with van der Waals surface area (Å²) >= 11 is 0. The Morgan fingerprint density at radius 3 is 2.74 bits per heavy atom. The lowest BCUT2D eigenvalue weighted by Crippen LogP contribution is -2.39. The maximum atomic E-state index is 14.4. The van der Waals surface area contributed by atoms with E-state index < -0.39 is 12.3 Å². The first-order chi connectivity index (χ1) is 16.9. The summed E-state index contributed by atoms with van der Waals surface area (Å²) in [5.74, 6) is -0.253. The van der Waals surface area contributed by atoms with Gasteiger partial charge in [0.15, 0.2) is 0 Å². The predicted molar refractivity (Wildman–Crippen MR) is 133 cm³/mol. The van der Waals surface area contributed by atoms with E-state index in [0.717, 1.165) is 50.5 Å². The summed E-state index contributed by atoms with van der Waals surface area (Å²) in [4.78, 5) is 11.3. The van der Waals surface area contributed by atoms with Crippen LogP contribution in [0, 0.1) is 17.7 Å². The monoisotopic (exact) mass is 490 g/mol. The third kappa shape index (κ3) is 7.01. The molecule has 1 aromatic carbocycles. The number of aliphatic hydroxyl groups is 1. The molecule has 35 heavy (non-hydrogen) atoms. The van der Waals surface area contributed by atoms with Crippen LogP contribution in [0.25, 0.3) is 0 Å². The average molecular weight is 491 g/mol. The van der Waals surface area contributed by atoms with Crippen molar-refractivity contribution in [2.45, 2.75) is 88.5 Å². The summed E-state index contributed by atoms with van der Waals surface area (Å²) in [6.45, 7) is 2.64. The Balaban J connectivity index is 1.72. The zero-order valence-corrected chi connectivity index (χ0v) is 21.0. The fourth-order valence-corrected chi connectivity index (χ4v) is 5.65. The second-order valence-electron chi connectivity index (χ2n) is 9.96. The number of benzene rings is 1. The van der Waals surface area contributed by atoms with Crippen LogP contribution >= 0.6 is 0 Å². The summed E-state index contributed by atoms with van der Waals surface area (Å²) in [6, 6.07) is 6.68. The zero-order valence-electron chi connectivity index (χ0n) is 21.0. The van der Waals surface area contributed by atoms with Crippen LogP contribution in [0.1, 0.15) is 70.3 Å². The minimum absolute atomic E-state index is 0.0145. The van der Waals surface area contributed by atoms with Crippen LogP contribution in [-0.2, 0) is 19.7 Å². The molecule has 0 aromatic heterocycles. The number of carbonyl (C=O) groups is 1. The maximum Gasteiger partial charge on any atom is 0.305 e. The number of esters is 1. The molecule has 1 aromatic rings. The molecule has 4 nitrogen and oxygen atoms in total. The van der Waals surface area contributed by atoms with Crippen molar-refractivity contribution in [1.82, 2.24) is 0 Å². The first-order valence-corrected chi connectivity index (χ1v) is 13.0. The minimum Gasteiger partial charge on any atom is -0.469 e. The summed E-state index contributed by atoms with van der Waals surface area (Å²) in [7, 11) is 1.39. The van der Waals surface area contributed by atoms with Gasteiger partial charge in [-0.1, -0.05) is 62.6 Å². The van der Waals surface area contributed by atoms with Crippen LogP contribution in [0.5, 0.6) is 0 Å². The summed E-state index contributed by atoms with van der Waals surface area (Å²) < 4.78 is 38.9. The topological polar surface area (TPSA) is 55.8 Å².